The molecule has 5 rings (SSSR count). The number of sulfonamides is 1. The van der Waals surface area contributed by atoms with Crippen LogP contribution >= 0.6 is 0 Å². The Morgan fingerprint density at radius 1 is 1.04 bits per heavy atom. The van der Waals surface area contributed by atoms with E-state index in [1.54, 1.807) is 13.8 Å². The molecule has 1 amide bonds. The Hall–Kier alpha value is -4.58. The Labute approximate surface area is 275 Å². The van der Waals surface area contributed by atoms with Crippen LogP contribution in [0.5, 0.6) is 5.75 Å². The van der Waals surface area contributed by atoms with Crippen LogP contribution in [0.3, 0.4) is 0 Å². The van der Waals surface area contributed by atoms with Crippen LogP contribution in [0.1, 0.15) is 72.4 Å². The molecule has 0 saturated carbocycles. The van der Waals surface area contributed by atoms with Gasteiger partial charge in [0, 0.05) is 30.5 Å². The smallest absolute Gasteiger partial charge is 0.407 e. The van der Waals surface area contributed by atoms with Crippen molar-refractivity contribution in [1.82, 2.24) is 10.0 Å². The van der Waals surface area contributed by atoms with Gasteiger partial charge in [-0.2, -0.15) is 0 Å². The SMILES string of the molecule is Cc1c(C)c(S(=O)(=O)NC(N)=NCCC[C@@H](CC(=O)O)NC(=O)OCC2c3ccccc3-c3ccccc32)c(C)c2c1OC(C)(C)C2. The van der Waals surface area contributed by atoms with Crippen LogP contribution in [-0.2, 0) is 26.0 Å². The van der Waals surface area contributed by atoms with Crippen LogP contribution in [0.25, 0.3) is 11.1 Å². The van der Waals surface area contributed by atoms with Gasteiger partial charge in [0.2, 0.25) is 5.96 Å². The number of nitrogens with zero attached hydrogens (tertiary/aromatic N) is 1. The first kappa shape index (κ1) is 33.8. The van der Waals surface area contributed by atoms with Gasteiger partial charge in [-0.1, -0.05) is 48.5 Å². The molecular weight excluding hydrogens is 620 g/mol. The maximum atomic E-state index is 13.4. The lowest BCUT2D eigenvalue weighted by atomic mass is 9.94. The van der Waals surface area contributed by atoms with Crippen LogP contribution in [-0.4, -0.2) is 56.3 Å². The van der Waals surface area contributed by atoms with Crippen molar-refractivity contribution in [1.29, 1.82) is 0 Å². The third-order valence-corrected chi connectivity index (χ3v) is 10.5. The molecule has 1 aliphatic carbocycles. The normalized spacial score (nSPS) is 15.6. The minimum Gasteiger partial charge on any atom is -0.487 e. The molecule has 0 unspecified atom stereocenters. The molecule has 2 aliphatic rings. The predicted molar refractivity (Wildman–Crippen MR) is 179 cm³/mol. The maximum Gasteiger partial charge on any atom is 0.407 e. The van der Waals surface area contributed by atoms with Gasteiger partial charge in [0.05, 0.1) is 11.3 Å². The lowest BCUT2D eigenvalue weighted by Crippen LogP contribution is -2.38. The first-order chi connectivity index (χ1) is 22.2. The Morgan fingerprint density at radius 2 is 1.66 bits per heavy atom. The third kappa shape index (κ3) is 7.22. The zero-order valence-corrected chi connectivity index (χ0v) is 28.2. The molecule has 47 heavy (non-hydrogen) atoms. The summed E-state index contributed by atoms with van der Waals surface area (Å²) in [4.78, 5) is 28.6. The van der Waals surface area contributed by atoms with E-state index in [0.717, 1.165) is 39.1 Å². The standard InChI is InChI=1S/C35H42N4O7S/c1-20-21(2)32(22(3)28-18-35(4,5)46-31(20)28)47(43,44)39-33(36)37-16-10-11-23(17-30(40)41)38-34(42)45-19-29-26-14-8-6-12-24(26)25-13-7-9-15-27(25)29/h6-9,12-15,23,29H,10-11,16-19H2,1-5H3,(H,38,42)(H,40,41)(H3,36,37,39)/t23-/m0/s1. The Morgan fingerprint density at radius 3 is 2.28 bits per heavy atom. The van der Waals surface area contributed by atoms with Gasteiger partial charge in [0.25, 0.3) is 10.0 Å². The molecule has 0 aromatic heterocycles. The van der Waals surface area contributed by atoms with E-state index in [9.17, 15) is 23.1 Å². The van der Waals surface area contributed by atoms with Crippen LogP contribution in [0.2, 0.25) is 0 Å². The second kappa shape index (κ2) is 13.3. The molecule has 0 saturated heterocycles. The van der Waals surface area contributed by atoms with Crippen molar-refractivity contribution >= 4 is 28.0 Å². The number of nitrogens with two attached hydrogens (primary N) is 1. The zero-order chi connectivity index (χ0) is 34.1. The quantitative estimate of drug-likeness (QED) is 0.125. The van der Waals surface area contributed by atoms with E-state index in [1.165, 1.54) is 0 Å². The summed E-state index contributed by atoms with van der Waals surface area (Å²) < 4.78 is 40.9. The number of carbonyl (C=O) groups is 2. The maximum absolute atomic E-state index is 13.4. The molecule has 0 bridgehead atoms. The van der Waals surface area contributed by atoms with E-state index in [4.69, 9.17) is 15.2 Å². The van der Waals surface area contributed by atoms with Crippen molar-refractivity contribution in [3.63, 3.8) is 0 Å². The zero-order valence-electron chi connectivity index (χ0n) is 27.3. The highest BCUT2D eigenvalue weighted by atomic mass is 32.2. The number of nitrogens with one attached hydrogen (secondary N) is 2. The summed E-state index contributed by atoms with van der Waals surface area (Å²) in [5.41, 5.74) is 12.7. The topological polar surface area (TPSA) is 169 Å². The number of hydrogen-bond donors (Lipinski definition) is 4. The summed E-state index contributed by atoms with van der Waals surface area (Å²) in [7, 11) is -4.05. The number of carboxylic acid groups (broad SMARTS) is 1. The fourth-order valence-corrected chi connectivity index (χ4v) is 8.17. The number of rotatable bonds is 11. The van der Waals surface area contributed by atoms with E-state index >= 15 is 0 Å². The molecular formula is C35H42N4O7S. The molecule has 3 aromatic rings. The average Bonchev–Trinajstić information content (AvgIpc) is 3.50. The van der Waals surface area contributed by atoms with E-state index < -0.39 is 33.7 Å². The van der Waals surface area contributed by atoms with Gasteiger partial charge >= 0.3 is 12.1 Å². The highest BCUT2D eigenvalue weighted by Crippen LogP contribution is 2.45. The largest absolute Gasteiger partial charge is 0.487 e. The molecule has 1 heterocycles. The second-order valence-corrected chi connectivity index (χ2v) is 14.4. The van der Waals surface area contributed by atoms with Gasteiger partial charge in [-0.05, 0) is 86.4 Å². The van der Waals surface area contributed by atoms with Crippen molar-refractivity contribution in [3.8, 4) is 16.9 Å². The summed E-state index contributed by atoms with van der Waals surface area (Å²) in [6, 6.07) is 15.3. The van der Waals surface area contributed by atoms with Gasteiger partial charge in [-0.15, -0.1) is 0 Å². The van der Waals surface area contributed by atoms with Gasteiger partial charge in [-0.3, -0.25) is 9.79 Å². The summed E-state index contributed by atoms with van der Waals surface area (Å²) in [5.74, 6) is -0.750. The highest BCUT2D eigenvalue weighted by Gasteiger charge is 2.37. The average molecular weight is 663 g/mol. The lowest BCUT2D eigenvalue weighted by molar-refractivity contribution is -0.137. The van der Waals surface area contributed by atoms with E-state index in [-0.39, 0.29) is 42.8 Å². The number of hydrogen-bond acceptors (Lipinski definition) is 7. The number of alkyl carbamates (subject to hydrolysis) is 1. The minimum absolute atomic E-state index is 0.105. The molecule has 1 atom stereocenters. The molecule has 0 fully saturated rings. The molecule has 1 aliphatic heterocycles. The number of benzene rings is 3. The van der Waals surface area contributed by atoms with Gasteiger partial charge in [-0.25, -0.2) is 17.9 Å². The van der Waals surface area contributed by atoms with Crippen LogP contribution in [0.4, 0.5) is 4.79 Å². The summed E-state index contributed by atoms with van der Waals surface area (Å²) in [6.45, 7) is 9.50. The molecule has 11 nitrogen and oxygen atoms in total. The van der Waals surface area contributed by atoms with Gasteiger partial charge in [0.1, 0.15) is 18.0 Å². The number of carboxylic acids is 1. The summed E-state index contributed by atoms with van der Waals surface area (Å²) >= 11 is 0. The van der Waals surface area contributed by atoms with Crippen molar-refractivity contribution in [3.05, 3.63) is 81.9 Å². The van der Waals surface area contributed by atoms with E-state index in [2.05, 4.69) is 15.0 Å². The monoisotopic (exact) mass is 662 g/mol. The fraction of sp³-hybridized carbons (Fsp3) is 0.400. The molecule has 12 heteroatoms. The number of aliphatic carboxylic acids is 1. The van der Waals surface area contributed by atoms with Crippen LogP contribution in [0, 0.1) is 20.8 Å². The van der Waals surface area contributed by atoms with Gasteiger partial charge < -0.3 is 25.6 Å². The Bertz CT molecular complexity index is 1810. The molecule has 250 valence electrons. The molecule has 0 radical (unpaired) electrons. The van der Waals surface area contributed by atoms with Crippen molar-refractivity contribution < 1.29 is 32.6 Å². The number of aliphatic imine (C=N–C) groups is 1. The van der Waals surface area contributed by atoms with Crippen LogP contribution < -0.4 is 20.5 Å². The van der Waals surface area contributed by atoms with Crippen molar-refractivity contribution in [2.24, 2.45) is 10.7 Å². The summed E-state index contributed by atoms with van der Waals surface area (Å²) in [6.07, 6.45) is 0.165. The first-order valence-electron chi connectivity index (χ1n) is 15.7. The number of guanidine groups is 1. The van der Waals surface area contributed by atoms with E-state index in [0.29, 0.717) is 24.0 Å². The molecule has 5 N–H and O–H groups in total. The highest BCUT2D eigenvalue weighted by molar-refractivity contribution is 7.90. The lowest BCUT2D eigenvalue weighted by Gasteiger charge is -2.19. The predicted octanol–water partition coefficient (Wildman–Crippen LogP) is 5.08. The number of carbonyl (C=O) groups excluding carboxylic acids is 1. The first-order valence-corrected chi connectivity index (χ1v) is 17.1. The van der Waals surface area contributed by atoms with Gasteiger partial charge in [0.15, 0.2) is 0 Å². The van der Waals surface area contributed by atoms with Crippen molar-refractivity contribution in [2.75, 3.05) is 13.2 Å². The Balaban J connectivity index is 1.17. The third-order valence-electron chi connectivity index (χ3n) is 8.88. The summed E-state index contributed by atoms with van der Waals surface area (Å²) in [5, 5.41) is 12.1. The second-order valence-electron chi connectivity index (χ2n) is 12.8. The fourth-order valence-electron chi connectivity index (χ4n) is 6.65. The van der Waals surface area contributed by atoms with E-state index in [1.807, 2.05) is 69.3 Å². The van der Waals surface area contributed by atoms with Crippen molar-refractivity contribution in [2.45, 2.75) is 82.8 Å². The Kier molecular flexibility index (Phi) is 9.53. The number of ether oxygens (including phenoxy) is 2. The molecule has 0 spiro atoms. The minimum atomic E-state index is -4.05. The number of amides is 1. The molecule has 3 aromatic carbocycles. The number of fused-ring (bicyclic) bond motifs is 4. The van der Waals surface area contributed by atoms with Crippen LogP contribution in [0.15, 0.2) is 58.4 Å².